The van der Waals surface area contributed by atoms with E-state index in [9.17, 15) is 9.59 Å². The van der Waals surface area contributed by atoms with E-state index in [1.807, 2.05) is 27.7 Å². The van der Waals surface area contributed by atoms with Gasteiger partial charge < -0.3 is 15.0 Å². The van der Waals surface area contributed by atoms with Crippen molar-refractivity contribution in [3.8, 4) is 5.82 Å². The molecule has 2 aromatic heterocycles. The van der Waals surface area contributed by atoms with Crippen LogP contribution in [-0.2, 0) is 4.74 Å². The molecule has 0 aliphatic heterocycles. The molecule has 0 radical (unpaired) electrons. The Hall–Kier alpha value is -2.90. The summed E-state index contributed by atoms with van der Waals surface area (Å²) in [5.41, 5.74) is 0.000648. The fourth-order valence-electron chi connectivity index (χ4n) is 2.37. The third-order valence-electron chi connectivity index (χ3n) is 3.70. The predicted molar refractivity (Wildman–Crippen MR) is 102 cm³/mol. The first-order chi connectivity index (χ1) is 12.8. The lowest BCUT2D eigenvalue weighted by Gasteiger charge is -2.26. The van der Waals surface area contributed by atoms with Crippen LogP contribution in [0.25, 0.3) is 5.82 Å². The fourth-order valence-corrected chi connectivity index (χ4v) is 2.37. The van der Waals surface area contributed by atoms with Crippen LogP contribution in [-0.4, -0.2) is 56.7 Å². The zero-order valence-electron chi connectivity index (χ0n) is 16.3. The summed E-state index contributed by atoms with van der Waals surface area (Å²) < 4.78 is 7.10. The number of hydrogen-bond acceptors (Lipinski definition) is 5. The van der Waals surface area contributed by atoms with Crippen LogP contribution in [0, 0.1) is 0 Å². The molecule has 0 aliphatic rings. The summed E-state index contributed by atoms with van der Waals surface area (Å²) in [6, 6.07) is 3.37. The van der Waals surface area contributed by atoms with E-state index in [4.69, 9.17) is 4.74 Å². The van der Waals surface area contributed by atoms with Gasteiger partial charge in [-0.2, -0.15) is 0 Å². The van der Waals surface area contributed by atoms with Crippen molar-refractivity contribution in [1.82, 2.24) is 24.8 Å². The Kier molecular flexibility index (Phi) is 6.92. The first-order valence-corrected chi connectivity index (χ1v) is 9.00. The Morgan fingerprint density at radius 3 is 2.70 bits per heavy atom. The summed E-state index contributed by atoms with van der Waals surface area (Å²) in [6.45, 7) is 8.95. The van der Waals surface area contributed by atoms with E-state index in [-0.39, 0.29) is 12.0 Å². The van der Waals surface area contributed by atoms with Gasteiger partial charge in [-0.15, -0.1) is 0 Å². The van der Waals surface area contributed by atoms with Gasteiger partial charge in [-0.3, -0.25) is 9.36 Å². The molecule has 0 unspecified atom stereocenters. The van der Waals surface area contributed by atoms with Crippen molar-refractivity contribution in [2.45, 2.75) is 39.7 Å². The predicted octanol–water partition coefficient (Wildman–Crippen LogP) is 2.64. The number of hydrogen-bond donors (Lipinski definition) is 1. The van der Waals surface area contributed by atoms with E-state index in [1.54, 1.807) is 46.5 Å². The van der Waals surface area contributed by atoms with Crippen LogP contribution in [0.1, 0.15) is 44.5 Å². The zero-order valence-corrected chi connectivity index (χ0v) is 16.3. The number of carbonyl (C=O) groups excluding carboxylic acids is 2. The van der Waals surface area contributed by atoms with Crippen molar-refractivity contribution >= 4 is 12.0 Å². The highest BCUT2D eigenvalue weighted by atomic mass is 16.6. The van der Waals surface area contributed by atoms with Gasteiger partial charge in [0.05, 0.1) is 0 Å². The molecule has 2 rings (SSSR count). The van der Waals surface area contributed by atoms with Gasteiger partial charge in [0.1, 0.15) is 17.7 Å². The van der Waals surface area contributed by atoms with Gasteiger partial charge >= 0.3 is 6.09 Å². The number of amides is 2. The first-order valence-electron chi connectivity index (χ1n) is 9.00. The average molecular weight is 373 g/mol. The molecular weight excluding hydrogens is 346 g/mol. The van der Waals surface area contributed by atoms with Gasteiger partial charge in [-0.25, -0.2) is 14.8 Å². The van der Waals surface area contributed by atoms with Crippen molar-refractivity contribution in [2.24, 2.45) is 0 Å². The molecule has 1 N–H and O–H groups in total. The quantitative estimate of drug-likeness (QED) is 0.754. The molecule has 0 bridgehead atoms. The molecular formula is C19H27N5O3. The third kappa shape index (κ3) is 6.40. The van der Waals surface area contributed by atoms with E-state index >= 15 is 0 Å². The molecule has 0 saturated carbocycles. The Morgan fingerprint density at radius 1 is 1.30 bits per heavy atom. The first kappa shape index (κ1) is 20.4. The maximum atomic E-state index is 12.3. The SMILES string of the molecule is CCN(CCCNC(=O)c1ccnc(-n2ccnc2)c1)C(=O)OC(C)(C)C. The molecule has 146 valence electrons. The average Bonchev–Trinajstić information content (AvgIpc) is 3.15. The second-order valence-electron chi connectivity index (χ2n) is 7.04. The highest BCUT2D eigenvalue weighted by Gasteiger charge is 2.20. The maximum absolute atomic E-state index is 12.3. The molecule has 2 aromatic rings. The van der Waals surface area contributed by atoms with E-state index in [2.05, 4.69) is 15.3 Å². The summed E-state index contributed by atoms with van der Waals surface area (Å²) in [6.07, 6.45) is 6.93. The normalized spacial score (nSPS) is 11.1. The molecule has 27 heavy (non-hydrogen) atoms. The molecule has 0 saturated heterocycles. The number of ether oxygens (including phenoxy) is 1. The number of imidazole rings is 1. The topological polar surface area (TPSA) is 89.4 Å². The molecule has 8 heteroatoms. The molecule has 0 aromatic carbocycles. The van der Waals surface area contributed by atoms with Crippen LogP contribution in [0.3, 0.4) is 0 Å². The second-order valence-corrected chi connectivity index (χ2v) is 7.04. The zero-order chi connectivity index (χ0) is 19.9. The summed E-state index contributed by atoms with van der Waals surface area (Å²) >= 11 is 0. The number of carbonyl (C=O) groups is 2. The van der Waals surface area contributed by atoms with Crippen LogP contribution < -0.4 is 5.32 Å². The summed E-state index contributed by atoms with van der Waals surface area (Å²) in [4.78, 5) is 34.3. The molecule has 0 atom stereocenters. The largest absolute Gasteiger partial charge is 0.444 e. The minimum Gasteiger partial charge on any atom is -0.444 e. The molecule has 2 heterocycles. The minimum absolute atomic E-state index is 0.181. The van der Waals surface area contributed by atoms with Crippen LogP contribution in [0.4, 0.5) is 4.79 Å². The van der Waals surface area contributed by atoms with Gasteiger partial charge in [0.25, 0.3) is 5.91 Å². The number of rotatable bonds is 7. The molecule has 0 aliphatic carbocycles. The smallest absolute Gasteiger partial charge is 0.410 e. The number of aromatic nitrogens is 3. The van der Waals surface area contributed by atoms with Crippen molar-refractivity contribution in [3.63, 3.8) is 0 Å². The summed E-state index contributed by atoms with van der Waals surface area (Å²) in [7, 11) is 0. The monoisotopic (exact) mass is 373 g/mol. The van der Waals surface area contributed by atoms with Gasteiger partial charge in [0.2, 0.25) is 0 Å². The highest BCUT2D eigenvalue weighted by Crippen LogP contribution is 2.10. The van der Waals surface area contributed by atoms with Gasteiger partial charge in [0, 0.05) is 43.8 Å². The molecule has 0 fully saturated rings. The van der Waals surface area contributed by atoms with Crippen molar-refractivity contribution in [1.29, 1.82) is 0 Å². The fraction of sp³-hybridized carbons (Fsp3) is 0.474. The standard InChI is InChI=1S/C19H27N5O3/c1-5-23(18(26)27-19(2,3)4)11-6-8-22-17(25)15-7-9-21-16(13-15)24-12-10-20-14-24/h7,9-10,12-14H,5-6,8,11H2,1-4H3,(H,22,25). The van der Waals surface area contributed by atoms with Gasteiger partial charge in [-0.1, -0.05) is 0 Å². The summed E-state index contributed by atoms with van der Waals surface area (Å²) in [5.74, 6) is 0.446. The Labute approximate surface area is 159 Å². The van der Waals surface area contributed by atoms with Crippen LogP contribution in [0.15, 0.2) is 37.1 Å². The number of nitrogens with one attached hydrogen (secondary N) is 1. The van der Waals surface area contributed by atoms with Crippen molar-refractivity contribution in [3.05, 3.63) is 42.6 Å². The van der Waals surface area contributed by atoms with Gasteiger partial charge in [-0.05, 0) is 46.2 Å². The van der Waals surface area contributed by atoms with E-state index in [1.165, 1.54) is 0 Å². The number of pyridine rings is 1. The van der Waals surface area contributed by atoms with E-state index < -0.39 is 5.60 Å². The van der Waals surface area contributed by atoms with E-state index in [0.717, 1.165) is 0 Å². The molecule has 0 spiro atoms. The lowest BCUT2D eigenvalue weighted by molar-refractivity contribution is 0.0259. The van der Waals surface area contributed by atoms with Gasteiger partial charge in [0.15, 0.2) is 0 Å². The van der Waals surface area contributed by atoms with Crippen molar-refractivity contribution in [2.75, 3.05) is 19.6 Å². The Morgan fingerprint density at radius 2 is 2.07 bits per heavy atom. The highest BCUT2D eigenvalue weighted by molar-refractivity contribution is 5.94. The van der Waals surface area contributed by atoms with Crippen LogP contribution >= 0.6 is 0 Å². The van der Waals surface area contributed by atoms with Crippen molar-refractivity contribution < 1.29 is 14.3 Å². The summed E-state index contributed by atoms with van der Waals surface area (Å²) in [5, 5.41) is 2.87. The second kappa shape index (κ2) is 9.16. The molecule has 2 amide bonds. The maximum Gasteiger partial charge on any atom is 0.410 e. The Balaban J connectivity index is 1.82. The Bertz CT molecular complexity index is 753. The number of nitrogens with zero attached hydrogens (tertiary/aromatic N) is 4. The van der Waals surface area contributed by atoms with Crippen LogP contribution in [0.5, 0.6) is 0 Å². The van der Waals surface area contributed by atoms with E-state index in [0.29, 0.717) is 37.4 Å². The third-order valence-corrected chi connectivity index (χ3v) is 3.70. The molecule has 8 nitrogen and oxygen atoms in total. The lowest BCUT2D eigenvalue weighted by Crippen LogP contribution is -2.38. The minimum atomic E-state index is -0.521. The lowest BCUT2D eigenvalue weighted by atomic mass is 10.2. The van der Waals surface area contributed by atoms with Crippen LogP contribution in [0.2, 0.25) is 0 Å².